The van der Waals surface area contributed by atoms with Crippen molar-refractivity contribution in [1.82, 2.24) is 0 Å². The van der Waals surface area contributed by atoms with Gasteiger partial charge in [-0.2, -0.15) is 5.11 Å². The monoisotopic (exact) mass is 506 g/mol. The van der Waals surface area contributed by atoms with E-state index in [-0.39, 0.29) is 61.9 Å². The quantitative estimate of drug-likeness (QED) is 0.326. The number of azo groups is 1. The summed E-state index contributed by atoms with van der Waals surface area (Å²) < 4.78 is 34.5. The van der Waals surface area contributed by atoms with Gasteiger partial charge in [0.05, 0.1) is 16.1 Å². The van der Waals surface area contributed by atoms with Gasteiger partial charge in [-0.1, -0.05) is 41.6 Å². The number of hydrogen-bond acceptors (Lipinski definition) is 7. The van der Waals surface area contributed by atoms with Crippen molar-refractivity contribution in [2.75, 3.05) is 0 Å². The Morgan fingerprint density at radius 3 is 2.41 bits per heavy atom. The zero-order chi connectivity index (χ0) is 20.6. The molecule has 0 spiro atoms. The summed E-state index contributed by atoms with van der Waals surface area (Å²) in [5, 5.41) is 30.1. The zero-order valence-electron chi connectivity index (χ0n) is 14.9. The van der Waals surface area contributed by atoms with Gasteiger partial charge >= 0.3 is 5.97 Å². The molecule has 11 heteroatoms. The van der Waals surface area contributed by atoms with Crippen LogP contribution in [-0.2, 0) is 10.1 Å². The smallest absolute Gasteiger partial charge is 0.335 e. The van der Waals surface area contributed by atoms with E-state index in [0.29, 0.717) is 16.3 Å². The van der Waals surface area contributed by atoms with Gasteiger partial charge in [0.1, 0.15) is 15.8 Å². The van der Waals surface area contributed by atoms with Gasteiger partial charge in [0.2, 0.25) is 0 Å². The van der Waals surface area contributed by atoms with Crippen molar-refractivity contribution in [3.8, 4) is 5.75 Å². The predicted octanol–water partition coefficient (Wildman–Crippen LogP) is 3.51. The first kappa shape index (κ1) is 23.7. The third-order valence-electron chi connectivity index (χ3n) is 3.97. The molecular weight excluding hydrogens is 495 g/mol. The van der Waals surface area contributed by atoms with Gasteiger partial charge in [0, 0.05) is 55.9 Å². The van der Waals surface area contributed by atoms with Gasteiger partial charge in [-0.25, -0.2) is 13.2 Å². The number of carboxylic acid groups (broad SMARTS) is 1. The Bertz CT molecular complexity index is 1260. The van der Waals surface area contributed by atoms with Crippen LogP contribution in [0.1, 0.15) is 15.9 Å². The van der Waals surface area contributed by atoms with E-state index in [9.17, 15) is 28.0 Å². The van der Waals surface area contributed by atoms with Crippen LogP contribution in [0.2, 0.25) is 5.02 Å². The van der Waals surface area contributed by atoms with Crippen molar-refractivity contribution in [2.45, 2.75) is 11.8 Å². The normalized spacial score (nSPS) is 11.6. The van der Waals surface area contributed by atoms with E-state index >= 15 is 0 Å². The molecule has 0 amide bonds. The fourth-order valence-corrected chi connectivity index (χ4v) is 3.44. The molecule has 2 radical (unpaired) electrons. The Hall–Kier alpha value is -1.53. The number of aromatic carboxylic acids is 1. The molecule has 0 fully saturated rings. The van der Waals surface area contributed by atoms with E-state index in [1.807, 2.05) is 0 Å². The minimum absolute atomic E-state index is 0. The maximum Gasteiger partial charge on any atom is 0.335 e. The van der Waals surface area contributed by atoms with Gasteiger partial charge < -0.3 is 14.8 Å². The molecule has 146 valence electrons. The number of halogens is 1. The van der Waals surface area contributed by atoms with E-state index in [4.69, 9.17) is 11.6 Å². The molecule has 3 rings (SSSR count). The van der Waals surface area contributed by atoms with Crippen LogP contribution < -0.4 is 5.11 Å². The average molecular weight is 506 g/mol. The Morgan fingerprint density at radius 1 is 1.14 bits per heavy atom. The molecule has 0 saturated heterocycles. The van der Waals surface area contributed by atoms with Crippen molar-refractivity contribution in [2.24, 2.45) is 10.2 Å². The number of hydrogen-bond donors (Lipinski definition) is 1. The van der Waals surface area contributed by atoms with Crippen LogP contribution in [0.15, 0.2) is 57.6 Å². The fraction of sp³-hybridized carbons (Fsp3) is 0.0556. The maximum absolute atomic E-state index is 12.5. The molecule has 1 N–H and O–H groups in total. The second-order valence-electron chi connectivity index (χ2n) is 5.85. The second kappa shape index (κ2) is 9.09. The third-order valence-corrected chi connectivity index (χ3v) is 5.25. The summed E-state index contributed by atoms with van der Waals surface area (Å²) in [6, 6.07) is 9.85. The first-order chi connectivity index (χ1) is 13.1. The number of fused-ring (bicyclic) bond motifs is 1. The second-order valence-corrected chi connectivity index (χ2v) is 7.61. The summed E-state index contributed by atoms with van der Waals surface area (Å²) in [4.78, 5) is 10.7. The molecular formula is C18H11ClN2O6SSr-2. The third kappa shape index (κ3) is 4.97. The molecule has 0 atom stereocenters. The fourth-order valence-electron chi connectivity index (χ4n) is 2.60. The summed E-state index contributed by atoms with van der Waals surface area (Å²) in [5.41, 5.74) is -0.649. The zero-order valence-corrected chi connectivity index (χ0v) is 20.0. The van der Waals surface area contributed by atoms with E-state index in [1.165, 1.54) is 12.1 Å². The average Bonchev–Trinajstić information content (AvgIpc) is 2.61. The standard InChI is InChI=1S/C18H13ClN2O6S.Sr/c1-9-6-14(15(8-13(9)19)28(25,26)27)20-21-16-11-5-3-2-4-10(11)7-12(17(16)22)18(23)24;/h2-8,22H,1H3,(H,23,24)(H,25,26,27);/p-2. The first-order valence-corrected chi connectivity index (χ1v) is 9.52. The SMILES string of the molecule is Cc1cc(N=Nc2c([O-])c(C(=O)O)cc3ccccc23)c(S(=O)(=O)[O-])cc1Cl.[Sr]. The van der Waals surface area contributed by atoms with Gasteiger partial charge in [-0.15, -0.1) is 5.11 Å². The molecule has 8 nitrogen and oxygen atoms in total. The molecule has 0 aliphatic heterocycles. The Morgan fingerprint density at radius 2 is 1.79 bits per heavy atom. The summed E-state index contributed by atoms with van der Waals surface area (Å²) in [6.45, 7) is 1.57. The van der Waals surface area contributed by atoms with Crippen molar-refractivity contribution >= 4 is 95.3 Å². The number of rotatable bonds is 4. The first-order valence-electron chi connectivity index (χ1n) is 7.73. The molecule has 0 heterocycles. The maximum atomic E-state index is 12.5. The molecule has 29 heavy (non-hydrogen) atoms. The Kier molecular flexibility index (Phi) is 7.44. The Balaban J connectivity index is 0.00000300. The van der Waals surface area contributed by atoms with Crippen LogP contribution in [0.25, 0.3) is 10.8 Å². The van der Waals surface area contributed by atoms with E-state index in [1.54, 1.807) is 31.2 Å². The van der Waals surface area contributed by atoms with Crippen LogP contribution in [0.5, 0.6) is 5.75 Å². The van der Waals surface area contributed by atoms with E-state index in [2.05, 4.69) is 10.2 Å². The molecule has 0 saturated carbocycles. The van der Waals surface area contributed by atoms with Crippen LogP contribution in [0.4, 0.5) is 11.4 Å². The van der Waals surface area contributed by atoms with Crippen molar-refractivity contribution in [1.29, 1.82) is 0 Å². The van der Waals surface area contributed by atoms with Crippen molar-refractivity contribution < 1.29 is 28.0 Å². The summed E-state index contributed by atoms with van der Waals surface area (Å²) in [6.07, 6.45) is 0. The number of carboxylic acids is 1. The van der Waals surface area contributed by atoms with E-state index < -0.39 is 32.3 Å². The molecule has 0 aliphatic carbocycles. The van der Waals surface area contributed by atoms with Crippen LogP contribution >= 0.6 is 11.6 Å². The topological polar surface area (TPSA) is 142 Å². The number of benzene rings is 3. The number of nitrogens with zero attached hydrogens (tertiary/aromatic N) is 2. The largest absolute Gasteiger partial charge is 0.870 e. The Labute approximate surface area is 207 Å². The molecule has 0 bridgehead atoms. The van der Waals surface area contributed by atoms with Crippen LogP contribution in [0.3, 0.4) is 0 Å². The van der Waals surface area contributed by atoms with E-state index in [0.717, 1.165) is 6.07 Å². The van der Waals surface area contributed by atoms with Crippen LogP contribution in [-0.4, -0.2) is 69.5 Å². The van der Waals surface area contributed by atoms with Crippen molar-refractivity contribution in [3.63, 3.8) is 0 Å². The minimum Gasteiger partial charge on any atom is -0.870 e. The number of carbonyl (C=O) groups is 1. The van der Waals surface area contributed by atoms with Gasteiger partial charge in [0.15, 0.2) is 0 Å². The van der Waals surface area contributed by atoms with Gasteiger partial charge in [-0.05, 0) is 36.1 Å². The van der Waals surface area contributed by atoms with Gasteiger partial charge in [0.25, 0.3) is 0 Å². The van der Waals surface area contributed by atoms with Crippen LogP contribution in [0, 0.1) is 6.92 Å². The minimum atomic E-state index is -4.91. The van der Waals surface area contributed by atoms with Gasteiger partial charge in [-0.3, -0.25) is 0 Å². The molecule has 3 aromatic rings. The summed E-state index contributed by atoms with van der Waals surface area (Å²) >= 11 is 5.88. The molecule has 0 unspecified atom stereocenters. The molecule has 0 aromatic heterocycles. The molecule has 3 aromatic carbocycles. The summed E-state index contributed by atoms with van der Waals surface area (Å²) in [5.74, 6) is -2.32. The van der Waals surface area contributed by atoms with Crippen molar-refractivity contribution in [3.05, 3.63) is 58.6 Å². The summed E-state index contributed by atoms with van der Waals surface area (Å²) in [7, 11) is -4.91. The molecule has 0 aliphatic rings. The predicted molar refractivity (Wildman–Crippen MR) is 104 cm³/mol. The number of aryl methyl sites for hydroxylation is 1.